The molecule has 0 aromatic heterocycles. The van der Waals surface area contributed by atoms with Gasteiger partial charge in [-0.05, 0) is 18.8 Å². The maximum atomic E-state index is 12.9. The lowest BCUT2D eigenvalue weighted by atomic mass is 9.76. The number of halogens is 2. The van der Waals surface area contributed by atoms with E-state index in [9.17, 15) is 18.4 Å². The van der Waals surface area contributed by atoms with Crippen LogP contribution < -0.4 is 5.32 Å². The lowest BCUT2D eigenvalue weighted by molar-refractivity contribution is -0.164. The average Bonchev–Trinajstić information content (AvgIpc) is 2.40. The van der Waals surface area contributed by atoms with Gasteiger partial charge in [0.1, 0.15) is 11.6 Å². The van der Waals surface area contributed by atoms with Gasteiger partial charge in [0, 0.05) is 0 Å². The van der Waals surface area contributed by atoms with Crippen molar-refractivity contribution in [1.29, 1.82) is 0 Å². The first-order chi connectivity index (χ1) is 9.38. The van der Waals surface area contributed by atoms with Crippen LogP contribution in [0.5, 0.6) is 0 Å². The second-order valence-corrected chi connectivity index (χ2v) is 6.13. The molecule has 1 saturated heterocycles. The topological polar surface area (TPSA) is 49.4 Å². The van der Waals surface area contributed by atoms with Gasteiger partial charge in [0.2, 0.25) is 11.8 Å². The largest absolute Gasteiger partial charge is 0.342 e. The Bertz CT molecular complexity index is 393. The third-order valence-corrected chi connectivity index (χ3v) is 4.43. The van der Waals surface area contributed by atoms with Crippen LogP contribution in [0.2, 0.25) is 0 Å². The second-order valence-electron chi connectivity index (χ2n) is 6.13. The van der Waals surface area contributed by atoms with Crippen molar-refractivity contribution in [2.24, 2.45) is 5.92 Å². The monoisotopic (exact) mass is 288 g/mol. The Morgan fingerprint density at radius 2 is 1.85 bits per heavy atom. The summed E-state index contributed by atoms with van der Waals surface area (Å²) in [5, 5.41) is 2.75. The molecule has 0 radical (unpaired) electrons. The molecule has 2 aliphatic rings. The molecular weight excluding hydrogens is 266 g/mol. The summed E-state index contributed by atoms with van der Waals surface area (Å²) in [6.45, 7) is 2.97. The Balaban J connectivity index is 2.33. The van der Waals surface area contributed by atoms with Crippen molar-refractivity contribution in [2.45, 2.75) is 64.0 Å². The van der Waals surface area contributed by atoms with Crippen LogP contribution in [0.15, 0.2) is 0 Å². The molecule has 114 valence electrons. The molecule has 4 nitrogen and oxygen atoms in total. The Morgan fingerprint density at radius 3 is 2.35 bits per heavy atom. The van der Waals surface area contributed by atoms with Crippen molar-refractivity contribution in [3.8, 4) is 0 Å². The summed E-state index contributed by atoms with van der Waals surface area (Å²) in [6, 6.07) is -0.686. The molecule has 0 bridgehead atoms. The molecule has 2 amide bonds. The predicted octanol–water partition coefficient (Wildman–Crippen LogP) is 1.94. The van der Waals surface area contributed by atoms with Gasteiger partial charge in [-0.25, -0.2) is 8.78 Å². The summed E-state index contributed by atoms with van der Waals surface area (Å²) in [5.41, 5.74) is -1.04. The molecule has 20 heavy (non-hydrogen) atoms. The van der Waals surface area contributed by atoms with Gasteiger partial charge in [-0.1, -0.05) is 33.1 Å². The number of carbonyl (C=O) groups excluding carboxylic acids is 2. The van der Waals surface area contributed by atoms with Gasteiger partial charge < -0.3 is 10.2 Å². The van der Waals surface area contributed by atoms with E-state index < -0.39 is 24.6 Å². The molecule has 1 N–H and O–H groups in total. The van der Waals surface area contributed by atoms with E-state index in [1.807, 2.05) is 13.8 Å². The highest BCUT2D eigenvalue weighted by Crippen LogP contribution is 2.37. The van der Waals surface area contributed by atoms with E-state index in [2.05, 4.69) is 5.32 Å². The molecule has 2 rings (SSSR count). The first-order valence-corrected chi connectivity index (χ1v) is 7.29. The van der Waals surface area contributed by atoms with Crippen molar-refractivity contribution >= 4 is 11.8 Å². The molecule has 1 unspecified atom stereocenters. The zero-order chi connectivity index (χ0) is 14.9. The van der Waals surface area contributed by atoms with Crippen molar-refractivity contribution < 1.29 is 18.4 Å². The minimum Gasteiger partial charge on any atom is -0.342 e. The van der Waals surface area contributed by atoms with Crippen molar-refractivity contribution in [3.63, 3.8) is 0 Å². The van der Waals surface area contributed by atoms with Crippen molar-refractivity contribution in [2.75, 3.05) is 6.54 Å². The van der Waals surface area contributed by atoms with Gasteiger partial charge in [0.25, 0.3) is 6.43 Å². The third kappa shape index (κ3) is 2.52. The highest BCUT2D eigenvalue weighted by atomic mass is 19.3. The second kappa shape index (κ2) is 5.66. The van der Waals surface area contributed by atoms with Crippen LogP contribution >= 0.6 is 0 Å². The van der Waals surface area contributed by atoms with Crippen molar-refractivity contribution in [3.05, 3.63) is 0 Å². The maximum absolute atomic E-state index is 12.9. The minimum atomic E-state index is -2.61. The zero-order valence-corrected chi connectivity index (χ0v) is 12.0. The molecule has 1 spiro atoms. The zero-order valence-electron chi connectivity index (χ0n) is 12.0. The van der Waals surface area contributed by atoms with E-state index in [4.69, 9.17) is 0 Å². The number of alkyl halides is 2. The fourth-order valence-electron chi connectivity index (χ4n) is 3.33. The highest BCUT2D eigenvalue weighted by Gasteiger charge is 2.53. The Morgan fingerprint density at radius 1 is 1.25 bits per heavy atom. The number of hydrogen-bond donors (Lipinski definition) is 1. The van der Waals surface area contributed by atoms with Crippen molar-refractivity contribution in [1.82, 2.24) is 10.2 Å². The van der Waals surface area contributed by atoms with Crippen LogP contribution in [0.25, 0.3) is 0 Å². The van der Waals surface area contributed by atoms with Crippen LogP contribution in [-0.2, 0) is 9.59 Å². The highest BCUT2D eigenvalue weighted by molar-refractivity contribution is 6.00. The number of carbonyl (C=O) groups is 2. The molecular formula is C14H22F2N2O2. The van der Waals surface area contributed by atoms with Crippen LogP contribution in [0, 0.1) is 5.92 Å². The first kappa shape index (κ1) is 15.2. The molecule has 1 aliphatic carbocycles. The summed E-state index contributed by atoms with van der Waals surface area (Å²) in [5.74, 6) is -0.717. The van der Waals surface area contributed by atoms with Gasteiger partial charge >= 0.3 is 0 Å². The molecule has 1 saturated carbocycles. The SMILES string of the molecule is CC(C)C1NC(=O)C2(CCCCC2)N(CC(F)F)C1=O. The standard InChI is InChI=1S/C14H22F2N2O2/c1-9(2)11-12(19)18(8-10(15)16)14(13(20)17-11)6-4-3-5-7-14/h9-11H,3-8H2,1-2H3,(H,17,20). The Kier molecular flexibility index (Phi) is 4.30. The summed E-state index contributed by atoms with van der Waals surface area (Å²) < 4.78 is 25.7. The predicted molar refractivity (Wildman–Crippen MR) is 70.3 cm³/mol. The Hall–Kier alpha value is -1.20. The lowest BCUT2D eigenvalue weighted by Gasteiger charge is -2.50. The van der Waals surface area contributed by atoms with E-state index >= 15 is 0 Å². The third-order valence-electron chi connectivity index (χ3n) is 4.43. The molecule has 1 aliphatic heterocycles. The van der Waals surface area contributed by atoms with E-state index in [1.54, 1.807) is 0 Å². The van der Waals surface area contributed by atoms with Gasteiger partial charge in [-0.15, -0.1) is 0 Å². The minimum absolute atomic E-state index is 0.104. The van der Waals surface area contributed by atoms with Gasteiger partial charge in [-0.2, -0.15) is 0 Å². The van der Waals surface area contributed by atoms with Crippen LogP contribution in [0.4, 0.5) is 8.78 Å². The normalized spacial score (nSPS) is 26.5. The molecule has 0 aromatic rings. The van der Waals surface area contributed by atoms with Crippen LogP contribution in [-0.4, -0.2) is 41.3 Å². The number of rotatable bonds is 3. The van der Waals surface area contributed by atoms with Gasteiger partial charge in [-0.3, -0.25) is 9.59 Å². The summed E-state index contributed by atoms with van der Waals surface area (Å²) in [4.78, 5) is 26.1. The average molecular weight is 288 g/mol. The summed E-state index contributed by atoms with van der Waals surface area (Å²) in [7, 11) is 0. The lowest BCUT2D eigenvalue weighted by Crippen LogP contribution is -2.72. The quantitative estimate of drug-likeness (QED) is 0.863. The maximum Gasteiger partial charge on any atom is 0.255 e. The van der Waals surface area contributed by atoms with Crippen LogP contribution in [0.3, 0.4) is 0 Å². The number of piperazine rings is 1. The number of nitrogens with zero attached hydrogens (tertiary/aromatic N) is 1. The molecule has 0 aromatic carbocycles. The number of amides is 2. The number of hydrogen-bond acceptors (Lipinski definition) is 2. The molecule has 2 fully saturated rings. The van der Waals surface area contributed by atoms with Gasteiger partial charge in [0.15, 0.2) is 0 Å². The van der Waals surface area contributed by atoms with Gasteiger partial charge in [0.05, 0.1) is 6.54 Å². The van der Waals surface area contributed by atoms with E-state index in [-0.39, 0.29) is 17.7 Å². The van der Waals surface area contributed by atoms with E-state index in [1.165, 1.54) is 4.90 Å². The summed E-state index contributed by atoms with van der Waals surface area (Å²) >= 11 is 0. The number of nitrogens with one attached hydrogen (secondary N) is 1. The molecule has 6 heteroatoms. The smallest absolute Gasteiger partial charge is 0.255 e. The van der Waals surface area contributed by atoms with E-state index in [0.717, 1.165) is 19.3 Å². The van der Waals surface area contributed by atoms with E-state index in [0.29, 0.717) is 12.8 Å². The fraction of sp³-hybridized carbons (Fsp3) is 0.857. The summed E-state index contributed by atoms with van der Waals surface area (Å²) in [6.07, 6.45) is 0.944. The van der Waals surface area contributed by atoms with Crippen LogP contribution in [0.1, 0.15) is 46.0 Å². The fourth-order valence-corrected chi connectivity index (χ4v) is 3.33. The Labute approximate surface area is 117 Å². The molecule has 1 heterocycles. The first-order valence-electron chi connectivity index (χ1n) is 7.29. The molecule has 1 atom stereocenters.